The highest BCUT2D eigenvalue weighted by molar-refractivity contribution is 5.37. The first kappa shape index (κ1) is 16.0. The lowest BCUT2D eigenvalue weighted by Crippen LogP contribution is -2.19. The normalized spacial score (nSPS) is 12.8. The van der Waals surface area contributed by atoms with E-state index in [0.717, 1.165) is 17.8 Å². The summed E-state index contributed by atoms with van der Waals surface area (Å²) in [5.41, 5.74) is -0.153. The molecule has 0 aliphatic carbocycles. The summed E-state index contributed by atoms with van der Waals surface area (Å²) in [6.45, 7) is 0. The summed E-state index contributed by atoms with van der Waals surface area (Å²) in [7, 11) is 1.81. The summed E-state index contributed by atoms with van der Waals surface area (Å²) in [6, 6.07) is 9.64. The van der Waals surface area contributed by atoms with Crippen LogP contribution in [-0.4, -0.2) is 19.5 Å². The Morgan fingerprint density at radius 2 is 1.79 bits per heavy atom. The monoisotopic (exact) mass is 333 g/mol. The zero-order valence-corrected chi connectivity index (χ0v) is 12.7. The van der Waals surface area contributed by atoms with E-state index >= 15 is 0 Å². The zero-order chi connectivity index (χ0) is 17.2. The van der Waals surface area contributed by atoms with Gasteiger partial charge in [0.1, 0.15) is 17.6 Å². The van der Waals surface area contributed by atoms with Crippen molar-refractivity contribution < 1.29 is 13.2 Å². The third-order valence-electron chi connectivity index (χ3n) is 3.47. The van der Waals surface area contributed by atoms with Crippen molar-refractivity contribution in [3.05, 3.63) is 72.1 Å². The fourth-order valence-electron chi connectivity index (χ4n) is 2.31. The molecule has 5 nitrogen and oxygen atoms in total. The average molecular weight is 333 g/mol. The Bertz CT molecular complexity index is 814. The molecule has 8 heteroatoms. The van der Waals surface area contributed by atoms with Gasteiger partial charge in [-0.15, -0.1) is 0 Å². The Morgan fingerprint density at radius 3 is 2.42 bits per heavy atom. The van der Waals surface area contributed by atoms with Gasteiger partial charge in [-0.25, -0.2) is 15.0 Å². The van der Waals surface area contributed by atoms with Gasteiger partial charge in [-0.2, -0.15) is 13.2 Å². The number of hydrogen-bond acceptors (Lipinski definition) is 4. The van der Waals surface area contributed by atoms with Crippen molar-refractivity contribution >= 4 is 5.95 Å². The fraction of sp³-hybridized carbons (Fsp3) is 0.188. The van der Waals surface area contributed by atoms with Crippen LogP contribution in [0.4, 0.5) is 19.1 Å². The molecule has 0 spiro atoms. The van der Waals surface area contributed by atoms with Crippen LogP contribution in [0.5, 0.6) is 0 Å². The number of aryl methyl sites for hydroxylation is 1. The van der Waals surface area contributed by atoms with Crippen LogP contribution in [0.25, 0.3) is 0 Å². The molecule has 124 valence electrons. The summed E-state index contributed by atoms with van der Waals surface area (Å²) in [6.07, 6.45) is -0.0522. The van der Waals surface area contributed by atoms with E-state index in [2.05, 4.69) is 20.3 Å². The van der Waals surface area contributed by atoms with Crippen LogP contribution in [-0.2, 0) is 13.2 Å². The lowest BCUT2D eigenvalue weighted by molar-refractivity contribution is -0.141. The number of hydrogen-bond donors (Lipinski definition) is 1. The van der Waals surface area contributed by atoms with E-state index in [1.54, 1.807) is 17.0 Å². The van der Waals surface area contributed by atoms with Crippen LogP contribution in [0.3, 0.4) is 0 Å². The average Bonchev–Trinajstić information content (AvgIpc) is 2.99. The van der Waals surface area contributed by atoms with Crippen LogP contribution in [0.15, 0.2) is 55.0 Å². The van der Waals surface area contributed by atoms with Crippen LogP contribution in [0, 0.1) is 0 Å². The van der Waals surface area contributed by atoms with Gasteiger partial charge in [0.25, 0.3) is 0 Å². The predicted molar refractivity (Wildman–Crippen MR) is 82.1 cm³/mol. The number of benzene rings is 1. The molecular formula is C16H14F3N5. The maximum absolute atomic E-state index is 12.8. The Balaban J connectivity index is 1.98. The van der Waals surface area contributed by atoms with E-state index in [0.29, 0.717) is 5.82 Å². The Morgan fingerprint density at radius 1 is 1.04 bits per heavy atom. The molecule has 0 fully saturated rings. The van der Waals surface area contributed by atoms with Gasteiger partial charge in [-0.1, -0.05) is 30.3 Å². The molecule has 0 radical (unpaired) electrons. The van der Waals surface area contributed by atoms with E-state index in [-0.39, 0.29) is 5.95 Å². The maximum Gasteiger partial charge on any atom is 0.433 e. The summed E-state index contributed by atoms with van der Waals surface area (Å²) in [5.74, 6) is 0.531. The molecule has 2 heterocycles. The highest BCUT2D eigenvalue weighted by atomic mass is 19.4. The number of aromatic nitrogens is 4. The molecule has 0 aliphatic rings. The number of anilines is 1. The number of rotatable bonds is 4. The highest BCUT2D eigenvalue weighted by Gasteiger charge is 2.33. The van der Waals surface area contributed by atoms with E-state index in [1.165, 1.54) is 0 Å². The highest BCUT2D eigenvalue weighted by Crippen LogP contribution is 2.29. The van der Waals surface area contributed by atoms with Crippen molar-refractivity contribution in [1.82, 2.24) is 19.5 Å². The van der Waals surface area contributed by atoms with Gasteiger partial charge in [0, 0.05) is 25.6 Å². The molecule has 3 aromatic rings. The van der Waals surface area contributed by atoms with Crippen LogP contribution in [0.1, 0.15) is 23.1 Å². The molecule has 0 aliphatic heterocycles. The minimum absolute atomic E-state index is 0.110. The Labute approximate surface area is 136 Å². The number of alkyl halides is 3. The third-order valence-corrected chi connectivity index (χ3v) is 3.47. The largest absolute Gasteiger partial charge is 0.433 e. The van der Waals surface area contributed by atoms with Crippen molar-refractivity contribution in [3.63, 3.8) is 0 Å². The summed E-state index contributed by atoms with van der Waals surface area (Å²) in [5, 5.41) is 2.95. The summed E-state index contributed by atoms with van der Waals surface area (Å²) in [4.78, 5) is 11.7. The van der Waals surface area contributed by atoms with Crippen LogP contribution >= 0.6 is 0 Å². The molecule has 0 bridgehead atoms. The molecule has 1 atom stereocenters. The second kappa shape index (κ2) is 6.31. The van der Waals surface area contributed by atoms with Gasteiger partial charge in [0.05, 0.1) is 0 Å². The first-order valence-electron chi connectivity index (χ1n) is 7.14. The van der Waals surface area contributed by atoms with E-state index in [1.807, 2.05) is 37.4 Å². The van der Waals surface area contributed by atoms with E-state index < -0.39 is 17.9 Å². The van der Waals surface area contributed by atoms with Gasteiger partial charge in [0.15, 0.2) is 0 Å². The molecule has 0 unspecified atom stereocenters. The quantitative estimate of drug-likeness (QED) is 0.795. The Hall–Kier alpha value is -2.90. The number of nitrogens with zero attached hydrogens (tertiary/aromatic N) is 4. The number of halogens is 3. The lowest BCUT2D eigenvalue weighted by atomic mass is 10.1. The molecule has 1 N–H and O–H groups in total. The van der Waals surface area contributed by atoms with Gasteiger partial charge >= 0.3 is 6.18 Å². The summed E-state index contributed by atoms with van der Waals surface area (Å²) >= 11 is 0. The topological polar surface area (TPSA) is 55.6 Å². The van der Waals surface area contributed by atoms with Crippen molar-refractivity contribution in [2.45, 2.75) is 12.2 Å². The van der Waals surface area contributed by atoms with Gasteiger partial charge in [-0.3, -0.25) is 0 Å². The maximum atomic E-state index is 12.8. The van der Waals surface area contributed by atoms with Crippen molar-refractivity contribution in [2.24, 2.45) is 7.05 Å². The van der Waals surface area contributed by atoms with Crippen molar-refractivity contribution in [3.8, 4) is 0 Å². The molecule has 0 saturated carbocycles. The second-order valence-corrected chi connectivity index (χ2v) is 5.15. The van der Waals surface area contributed by atoms with Crippen molar-refractivity contribution in [2.75, 3.05) is 5.32 Å². The second-order valence-electron chi connectivity index (χ2n) is 5.15. The number of imidazole rings is 1. The van der Waals surface area contributed by atoms with Gasteiger partial charge < -0.3 is 9.88 Å². The fourth-order valence-corrected chi connectivity index (χ4v) is 2.31. The van der Waals surface area contributed by atoms with Crippen LogP contribution < -0.4 is 5.32 Å². The smallest absolute Gasteiger partial charge is 0.340 e. The molecule has 3 rings (SSSR count). The molecule has 0 saturated heterocycles. The van der Waals surface area contributed by atoms with Gasteiger partial charge in [-0.05, 0) is 11.6 Å². The summed E-state index contributed by atoms with van der Waals surface area (Å²) < 4.78 is 40.3. The standard InChI is InChI=1S/C16H14F3N5/c1-24-10-9-20-14(24)13(11-5-3-2-4-6-11)23-15-21-8-7-12(22-15)16(17,18)19/h2-10,13H,1H3,(H,21,22,23)/t13-/m1/s1. The van der Waals surface area contributed by atoms with E-state index in [9.17, 15) is 13.2 Å². The minimum Gasteiger partial charge on any atom is -0.340 e. The minimum atomic E-state index is -4.52. The molecule has 24 heavy (non-hydrogen) atoms. The SMILES string of the molecule is Cn1ccnc1[C@H](Nc1nccc(C(F)(F)F)n1)c1ccccc1. The first-order chi connectivity index (χ1) is 11.4. The predicted octanol–water partition coefficient (Wildman–Crippen LogP) is 3.43. The first-order valence-corrected chi connectivity index (χ1v) is 7.14. The lowest BCUT2D eigenvalue weighted by Gasteiger charge is -2.19. The molecule has 0 amide bonds. The van der Waals surface area contributed by atoms with Crippen LogP contribution in [0.2, 0.25) is 0 Å². The van der Waals surface area contributed by atoms with E-state index in [4.69, 9.17) is 0 Å². The van der Waals surface area contributed by atoms with Crippen molar-refractivity contribution in [1.29, 1.82) is 0 Å². The molecular weight excluding hydrogens is 319 g/mol. The molecule has 1 aromatic carbocycles. The Kier molecular flexibility index (Phi) is 4.20. The molecule has 2 aromatic heterocycles. The zero-order valence-electron chi connectivity index (χ0n) is 12.7. The third kappa shape index (κ3) is 3.37. The number of nitrogens with one attached hydrogen (secondary N) is 1. The van der Waals surface area contributed by atoms with Gasteiger partial charge in [0.2, 0.25) is 5.95 Å².